The minimum Gasteiger partial charge on any atom is -0.309 e. The molecule has 0 fully saturated rings. The van der Waals surface area contributed by atoms with E-state index in [2.05, 4.69) is 187 Å². The molecule has 4 heterocycles. The van der Waals surface area contributed by atoms with Crippen LogP contribution >= 0.6 is 0 Å². The lowest BCUT2D eigenvalue weighted by Gasteiger charge is -2.15. The third-order valence-corrected chi connectivity index (χ3v) is 10.7. The highest BCUT2D eigenvalue weighted by Gasteiger charge is 2.20. The number of hydrogen-bond donors (Lipinski definition) is 0. The highest BCUT2D eigenvalue weighted by molar-refractivity contribution is 6.15. The van der Waals surface area contributed by atoms with Crippen molar-refractivity contribution in [3.05, 3.63) is 195 Å². The molecule has 0 saturated heterocycles. The monoisotopic (exact) mass is 716 g/mol. The molecule has 0 N–H and O–H groups in total. The van der Waals surface area contributed by atoms with Crippen LogP contribution in [0, 0.1) is 0 Å². The van der Waals surface area contributed by atoms with E-state index in [1.165, 1.54) is 21.5 Å². The van der Waals surface area contributed by atoms with Gasteiger partial charge in [0.25, 0.3) is 0 Å². The molecule has 0 aliphatic carbocycles. The molecule has 0 spiro atoms. The first-order valence-electron chi connectivity index (χ1n) is 18.7. The molecule has 7 aromatic carbocycles. The van der Waals surface area contributed by atoms with Crippen LogP contribution in [0.25, 0.3) is 100 Å². The van der Waals surface area contributed by atoms with Gasteiger partial charge in [-0.15, -0.1) is 0 Å². The number of fused-ring (bicyclic) bond motifs is 6. The molecule has 0 unspecified atom stereocenters. The average molecular weight is 717 g/mol. The van der Waals surface area contributed by atoms with Gasteiger partial charge >= 0.3 is 0 Å². The Labute approximate surface area is 322 Å². The van der Waals surface area contributed by atoms with E-state index in [9.17, 15) is 0 Å². The first kappa shape index (κ1) is 31.8. The molecule has 0 radical (unpaired) electrons. The summed E-state index contributed by atoms with van der Waals surface area (Å²) >= 11 is 0. The van der Waals surface area contributed by atoms with E-state index in [-0.39, 0.29) is 0 Å². The van der Waals surface area contributed by atoms with Crippen LogP contribution in [0.15, 0.2) is 195 Å². The number of benzene rings is 7. The first-order valence-corrected chi connectivity index (χ1v) is 18.7. The van der Waals surface area contributed by atoms with Gasteiger partial charge in [0.05, 0.1) is 22.1 Å². The summed E-state index contributed by atoms with van der Waals surface area (Å²) in [6, 6.07) is 60.4. The molecule has 4 aromatic heterocycles. The summed E-state index contributed by atoms with van der Waals surface area (Å²) in [7, 11) is 0. The quantitative estimate of drug-likeness (QED) is 0.172. The molecule has 0 aliphatic heterocycles. The van der Waals surface area contributed by atoms with Gasteiger partial charge in [0.15, 0.2) is 11.6 Å². The number of hydrogen-bond acceptors (Lipinski definition) is 4. The zero-order valence-electron chi connectivity index (χ0n) is 30.2. The zero-order chi connectivity index (χ0) is 37.0. The lowest BCUT2D eigenvalue weighted by atomic mass is 9.96. The van der Waals surface area contributed by atoms with Gasteiger partial charge in [-0.05, 0) is 65.7 Å². The van der Waals surface area contributed by atoms with Gasteiger partial charge in [0.2, 0.25) is 0 Å². The van der Waals surface area contributed by atoms with E-state index in [1.807, 2.05) is 12.1 Å². The minimum absolute atomic E-state index is 0.703. The average Bonchev–Trinajstić information content (AvgIpc) is 3.81. The molecule has 0 aliphatic rings. The fourth-order valence-electron chi connectivity index (χ4n) is 8.36. The van der Waals surface area contributed by atoms with Gasteiger partial charge < -0.3 is 9.13 Å². The maximum absolute atomic E-state index is 4.55. The highest BCUT2D eigenvalue weighted by Crippen LogP contribution is 2.42. The van der Waals surface area contributed by atoms with Crippen molar-refractivity contribution >= 4 is 43.6 Å². The third kappa shape index (κ3) is 5.11. The second-order valence-corrected chi connectivity index (χ2v) is 13.9. The van der Waals surface area contributed by atoms with Crippen LogP contribution in [0.3, 0.4) is 0 Å². The molecule has 0 atom stereocenters. The molecular weight excluding hydrogens is 685 g/mol. The third-order valence-electron chi connectivity index (χ3n) is 10.7. The van der Waals surface area contributed by atoms with Gasteiger partial charge in [-0.25, -0.2) is 19.9 Å². The van der Waals surface area contributed by atoms with Crippen LogP contribution in [-0.2, 0) is 0 Å². The summed E-state index contributed by atoms with van der Waals surface area (Å²) in [5, 5.41) is 4.82. The van der Waals surface area contributed by atoms with E-state index in [0.29, 0.717) is 11.6 Å². The second kappa shape index (κ2) is 13.0. The summed E-state index contributed by atoms with van der Waals surface area (Å²) < 4.78 is 4.78. The van der Waals surface area contributed by atoms with Crippen molar-refractivity contribution in [2.75, 3.05) is 0 Å². The fourth-order valence-corrected chi connectivity index (χ4v) is 8.36. The van der Waals surface area contributed by atoms with E-state index in [0.717, 1.165) is 66.8 Å². The van der Waals surface area contributed by atoms with Gasteiger partial charge in [0, 0.05) is 80.0 Å². The Morgan fingerprint density at radius 3 is 1.18 bits per heavy atom. The predicted octanol–water partition coefficient (Wildman–Crippen LogP) is 12.1. The highest BCUT2D eigenvalue weighted by atomic mass is 15.0. The van der Waals surface area contributed by atoms with Gasteiger partial charge in [-0.2, -0.15) is 0 Å². The fraction of sp³-hybridized carbons (Fsp3) is 0. The Hall–Kier alpha value is -7.70. The molecule has 0 saturated carbocycles. The lowest BCUT2D eigenvalue weighted by Crippen LogP contribution is -1.97. The van der Waals surface area contributed by atoms with E-state index >= 15 is 0 Å². The molecule has 0 amide bonds. The van der Waals surface area contributed by atoms with E-state index in [1.54, 1.807) is 24.8 Å². The van der Waals surface area contributed by atoms with Crippen molar-refractivity contribution in [3.63, 3.8) is 0 Å². The van der Waals surface area contributed by atoms with Gasteiger partial charge in [-0.3, -0.25) is 0 Å². The van der Waals surface area contributed by atoms with Crippen molar-refractivity contribution in [1.29, 1.82) is 0 Å². The number of aromatic nitrogens is 6. The zero-order valence-corrected chi connectivity index (χ0v) is 30.2. The molecule has 0 bridgehead atoms. The largest absolute Gasteiger partial charge is 0.309 e. The van der Waals surface area contributed by atoms with Crippen LogP contribution in [0.2, 0.25) is 0 Å². The van der Waals surface area contributed by atoms with E-state index < -0.39 is 0 Å². The van der Waals surface area contributed by atoms with Crippen molar-refractivity contribution in [3.8, 4) is 56.4 Å². The van der Waals surface area contributed by atoms with Crippen molar-refractivity contribution in [2.45, 2.75) is 0 Å². The lowest BCUT2D eigenvalue weighted by molar-refractivity contribution is 1.15. The number of para-hydroxylation sites is 4. The van der Waals surface area contributed by atoms with Crippen molar-refractivity contribution in [2.24, 2.45) is 0 Å². The van der Waals surface area contributed by atoms with Crippen LogP contribution < -0.4 is 0 Å². The van der Waals surface area contributed by atoms with Gasteiger partial charge in [0.1, 0.15) is 0 Å². The Bertz CT molecular complexity index is 3040. The standard InChI is InChI=1S/C50H32N6/c1-3-24-45-41(18-1)43-22-8-20-39(47(43)55(45)37-16-6-14-35(31-37)49-51-26-10-27-52-49)33-12-5-13-34(30-33)40-21-9-23-44-42-19-2-4-25-46(42)56(48(40)44)38-17-7-15-36(32-38)50-53-28-11-29-54-50/h1-32H. The number of nitrogens with zero attached hydrogens (tertiary/aromatic N) is 6. The van der Waals surface area contributed by atoms with Crippen molar-refractivity contribution in [1.82, 2.24) is 29.1 Å². The Kier molecular flexibility index (Phi) is 7.38. The molecule has 6 nitrogen and oxygen atoms in total. The molecule has 56 heavy (non-hydrogen) atoms. The van der Waals surface area contributed by atoms with Crippen LogP contribution in [0.1, 0.15) is 0 Å². The summed E-state index contributed by atoms with van der Waals surface area (Å²) in [5.74, 6) is 1.41. The molecule has 262 valence electrons. The van der Waals surface area contributed by atoms with Crippen LogP contribution in [0.5, 0.6) is 0 Å². The summed E-state index contributed by atoms with van der Waals surface area (Å²) in [6.45, 7) is 0. The van der Waals surface area contributed by atoms with E-state index in [4.69, 9.17) is 0 Å². The molecule has 6 heteroatoms. The first-order chi connectivity index (χ1) is 27.8. The second-order valence-electron chi connectivity index (χ2n) is 13.9. The summed E-state index contributed by atoms with van der Waals surface area (Å²) in [4.78, 5) is 18.2. The maximum Gasteiger partial charge on any atom is 0.159 e. The molecule has 11 aromatic rings. The van der Waals surface area contributed by atoms with Gasteiger partial charge in [-0.1, -0.05) is 115 Å². The normalized spacial score (nSPS) is 11.6. The molecular formula is C50H32N6. The Balaban J connectivity index is 1.13. The Morgan fingerprint density at radius 1 is 0.304 bits per heavy atom. The topological polar surface area (TPSA) is 61.4 Å². The van der Waals surface area contributed by atoms with Crippen LogP contribution in [-0.4, -0.2) is 29.1 Å². The minimum atomic E-state index is 0.703. The smallest absolute Gasteiger partial charge is 0.159 e. The SMILES string of the molecule is c1cnc(-c2cccc(-n3c4ccccc4c4cccc(-c5cccc(-c6cccc7c8ccccc8n(-c8cccc(-c9ncccn9)c8)c67)c5)c43)c2)nc1. The number of rotatable bonds is 6. The Morgan fingerprint density at radius 2 is 0.696 bits per heavy atom. The van der Waals surface area contributed by atoms with Crippen molar-refractivity contribution < 1.29 is 0 Å². The maximum atomic E-state index is 4.55. The predicted molar refractivity (Wildman–Crippen MR) is 228 cm³/mol. The summed E-state index contributed by atoms with van der Waals surface area (Å²) in [5.41, 5.74) is 13.3. The van der Waals surface area contributed by atoms with Crippen LogP contribution in [0.4, 0.5) is 0 Å². The summed E-state index contributed by atoms with van der Waals surface area (Å²) in [6.07, 6.45) is 7.16. The molecule has 11 rings (SSSR count).